The molecule has 0 spiro atoms. The van der Waals surface area contributed by atoms with Crippen molar-refractivity contribution in [3.05, 3.63) is 78.4 Å². The molecule has 0 aliphatic carbocycles. The summed E-state index contributed by atoms with van der Waals surface area (Å²) in [5, 5.41) is 15.0. The number of nitrogens with one attached hydrogen (secondary N) is 2. The Morgan fingerprint density at radius 2 is 1.59 bits per heavy atom. The highest BCUT2D eigenvalue weighted by Gasteiger charge is 2.20. The van der Waals surface area contributed by atoms with E-state index in [0.29, 0.717) is 22.7 Å². The standard InChI is InChI=1S/C26H28N6O4S/c1-26(2,3)18-13-15-19(16-14-18)37(34,35)30-21-10-6-5-9-20(21)25-28-31-32(29-25)17-24(33)27-22-11-7-8-12-23(22)36-4/h5-16,30H,17H2,1-4H3,(H,27,33). The van der Waals surface area contributed by atoms with Gasteiger partial charge in [0.25, 0.3) is 10.0 Å². The summed E-state index contributed by atoms with van der Waals surface area (Å²) < 4.78 is 34.0. The maximum Gasteiger partial charge on any atom is 0.261 e. The lowest BCUT2D eigenvalue weighted by Gasteiger charge is -2.19. The van der Waals surface area contributed by atoms with E-state index in [4.69, 9.17) is 4.74 Å². The molecule has 11 heteroatoms. The Morgan fingerprint density at radius 3 is 2.27 bits per heavy atom. The van der Waals surface area contributed by atoms with Crippen LogP contribution in [0.3, 0.4) is 0 Å². The molecule has 1 heterocycles. The monoisotopic (exact) mass is 520 g/mol. The molecule has 10 nitrogen and oxygen atoms in total. The number of methoxy groups -OCH3 is 1. The van der Waals surface area contributed by atoms with Gasteiger partial charge in [-0.3, -0.25) is 9.52 Å². The zero-order valence-corrected chi connectivity index (χ0v) is 21.8. The average Bonchev–Trinajstić information content (AvgIpc) is 3.32. The molecule has 192 valence electrons. The minimum atomic E-state index is -3.87. The second kappa shape index (κ2) is 10.4. The van der Waals surface area contributed by atoms with Crippen LogP contribution in [0.5, 0.6) is 5.75 Å². The third-order valence-electron chi connectivity index (χ3n) is 5.56. The zero-order chi connectivity index (χ0) is 26.6. The highest BCUT2D eigenvalue weighted by atomic mass is 32.2. The quantitative estimate of drug-likeness (QED) is 0.358. The van der Waals surface area contributed by atoms with Crippen LogP contribution >= 0.6 is 0 Å². The lowest BCUT2D eigenvalue weighted by Crippen LogP contribution is -2.20. The summed E-state index contributed by atoms with van der Waals surface area (Å²) in [5.41, 5.74) is 2.17. The molecule has 1 amide bonds. The number of tetrazole rings is 1. The third-order valence-corrected chi connectivity index (χ3v) is 6.94. The van der Waals surface area contributed by atoms with Crippen molar-refractivity contribution in [2.75, 3.05) is 17.1 Å². The number of sulfonamides is 1. The van der Waals surface area contributed by atoms with Crippen molar-refractivity contribution in [3.63, 3.8) is 0 Å². The van der Waals surface area contributed by atoms with Gasteiger partial charge in [0.1, 0.15) is 12.3 Å². The van der Waals surface area contributed by atoms with Crippen molar-refractivity contribution < 1.29 is 17.9 Å². The Balaban J connectivity index is 1.51. The van der Waals surface area contributed by atoms with E-state index in [1.54, 1.807) is 60.7 Å². The highest BCUT2D eigenvalue weighted by Crippen LogP contribution is 2.28. The van der Waals surface area contributed by atoms with Crippen molar-refractivity contribution in [3.8, 4) is 17.1 Å². The molecule has 0 unspecified atom stereocenters. The summed E-state index contributed by atoms with van der Waals surface area (Å²) in [5.74, 6) is 0.324. The second-order valence-electron chi connectivity index (χ2n) is 9.32. The molecule has 4 aromatic rings. The molecular weight excluding hydrogens is 492 g/mol. The Kier molecular flexibility index (Phi) is 7.25. The second-order valence-corrected chi connectivity index (χ2v) is 11.0. The summed E-state index contributed by atoms with van der Waals surface area (Å²) in [4.78, 5) is 13.8. The van der Waals surface area contributed by atoms with Crippen LogP contribution in [-0.2, 0) is 26.8 Å². The van der Waals surface area contributed by atoms with Gasteiger partial charge in [-0.15, -0.1) is 10.2 Å². The first-order chi connectivity index (χ1) is 17.6. The summed E-state index contributed by atoms with van der Waals surface area (Å²) >= 11 is 0. The van der Waals surface area contributed by atoms with Gasteiger partial charge in [-0.25, -0.2) is 8.42 Å². The van der Waals surface area contributed by atoms with Gasteiger partial charge < -0.3 is 10.1 Å². The topological polar surface area (TPSA) is 128 Å². The molecule has 0 saturated heterocycles. The molecule has 0 radical (unpaired) electrons. The van der Waals surface area contributed by atoms with Crippen LogP contribution in [0.15, 0.2) is 77.7 Å². The molecular formula is C26H28N6O4S. The molecule has 0 bridgehead atoms. The van der Waals surface area contributed by atoms with Crippen LogP contribution in [0.25, 0.3) is 11.4 Å². The molecule has 0 saturated carbocycles. The Labute approximate surface area is 215 Å². The lowest BCUT2D eigenvalue weighted by molar-refractivity contribution is -0.117. The van der Waals surface area contributed by atoms with E-state index >= 15 is 0 Å². The van der Waals surface area contributed by atoms with Gasteiger partial charge >= 0.3 is 0 Å². The number of rotatable bonds is 8. The van der Waals surface area contributed by atoms with Crippen molar-refractivity contribution in [2.24, 2.45) is 0 Å². The van der Waals surface area contributed by atoms with E-state index < -0.39 is 10.0 Å². The van der Waals surface area contributed by atoms with Gasteiger partial charge in [0.15, 0.2) is 0 Å². The molecule has 0 fully saturated rings. The number of hydrogen-bond acceptors (Lipinski definition) is 7. The average molecular weight is 521 g/mol. The van der Waals surface area contributed by atoms with E-state index in [-0.39, 0.29) is 28.6 Å². The Morgan fingerprint density at radius 1 is 0.946 bits per heavy atom. The fourth-order valence-electron chi connectivity index (χ4n) is 3.59. The summed E-state index contributed by atoms with van der Waals surface area (Å²) in [6.45, 7) is 5.99. The smallest absolute Gasteiger partial charge is 0.261 e. The number of ether oxygens (including phenoxy) is 1. The minimum Gasteiger partial charge on any atom is -0.495 e. The summed E-state index contributed by atoms with van der Waals surface area (Å²) in [6, 6.07) is 20.5. The largest absolute Gasteiger partial charge is 0.495 e. The van der Waals surface area contributed by atoms with E-state index in [2.05, 4.69) is 46.2 Å². The summed E-state index contributed by atoms with van der Waals surface area (Å²) in [7, 11) is -2.35. The van der Waals surface area contributed by atoms with Crippen LogP contribution < -0.4 is 14.8 Å². The van der Waals surface area contributed by atoms with Crippen molar-refractivity contribution >= 4 is 27.3 Å². The molecule has 3 aromatic carbocycles. The fraction of sp³-hybridized carbons (Fsp3) is 0.231. The van der Waals surface area contributed by atoms with Crippen molar-refractivity contribution in [1.82, 2.24) is 20.2 Å². The van der Waals surface area contributed by atoms with Gasteiger partial charge in [0, 0.05) is 5.56 Å². The first-order valence-electron chi connectivity index (χ1n) is 11.5. The maximum absolute atomic E-state index is 13.1. The Hall–Kier alpha value is -4.25. The van der Waals surface area contributed by atoms with E-state index in [1.165, 1.54) is 7.11 Å². The fourth-order valence-corrected chi connectivity index (χ4v) is 4.67. The number of carbonyl (C=O) groups excluding carboxylic acids is 1. The minimum absolute atomic E-state index is 0.0934. The van der Waals surface area contributed by atoms with Gasteiger partial charge in [-0.2, -0.15) is 4.80 Å². The number of aromatic nitrogens is 4. The number of carbonyl (C=O) groups is 1. The van der Waals surface area contributed by atoms with Crippen LogP contribution in [0.4, 0.5) is 11.4 Å². The molecule has 2 N–H and O–H groups in total. The van der Waals surface area contributed by atoms with Crippen molar-refractivity contribution in [1.29, 1.82) is 0 Å². The molecule has 0 atom stereocenters. The normalized spacial score (nSPS) is 11.7. The van der Waals surface area contributed by atoms with Crippen LogP contribution in [0.2, 0.25) is 0 Å². The molecule has 4 rings (SSSR count). The number of hydrogen-bond donors (Lipinski definition) is 2. The zero-order valence-electron chi connectivity index (χ0n) is 21.0. The van der Waals surface area contributed by atoms with Gasteiger partial charge in [0.2, 0.25) is 11.7 Å². The van der Waals surface area contributed by atoms with Gasteiger partial charge in [-0.05, 0) is 52.6 Å². The first kappa shape index (κ1) is 25.8. The van der Waals surface area contributed by atoms with Gasteiger partial charge in [-0.1, -0.05) is 57.2 Å². The van der Waals surface area contributed by atoms with E-state index in [0.717, 1.165) is 10.4 Å². The highest BCUT2D eigenvalue weighted by molar-refractivity contribution is 7.92. The van der Waals surface area contributed by atoms with Crippen LogP contribution in [0.1, 0.15) is 26.3 Å². The maximum atomic E-state index is 13.1. The summed E-state index contributed by atoms with van der Waals surface area (Å²) in [6.07, 6.45) is 0. The predicted octanol–water partition coefficient (Wildman–Crippen LogP) is 4.09. The molecule has 1 aromatic heterocycles. The molecule has 37 heavy (non-hydrogen) atoms. The van der Waals surface area contributed by atoms with Gasteiger partial charge in [0.05, 0.1) is 23.4 Å². The lowest BCUT2D eigenvalue weighted by atomic mass is 9.87. The SMILES string of the molecule is COc1ccccc1NC(=O)Cn1nnc(-c2ccccc2NS(=O)(=O)c2ccc(C(C)(C)C)cc2)n1. The van der Waals surface area contributed by atoms with Crippen LogP contribution in [0, 0.1) is 0 Å². The number of amides is 1. The number of para-hydroxylation sites is 3. The number of anilines is 2. The molecule has 0 aliphatic rings. The van der Waals surface area contributed by atoms with E-state index in [1.807, 2.05) is 12.1 Å². The number of benzene rings is 3. The Bertz CT molecular complexity index is 1510. The van der Waals surface area contributed by atoms with Crippen molar-refractivity contribution in [2.45, 2.75) is 37.6 Å². The number of nitrogens with zero attached hydrogens (tertiary/aromatic N) is 4. The van der Waals surface area contributed by atoms with E-state index in [9.17, 15) is 13.2 Å². The predicted molar refractivity (Wildman–Crippen MR) is 141 cm³/mol. The van der Waals surface area contributed by atoms with Crippen LogP contribution in [-0.4, -0.2) is 41.6 Å². The molecule has 0 aliphatic heterocycles. The first-order valence-corrected chi connectivity index (χ1v) is 13.0. The third kappa shape index (κ3) is 6.12.